The number of nitrogens with zero attached hydrogens (tertiary/aromatic N) is 2. The summed E-state index contributed by atoms with van der Waals surface area (Å²) in [6.45, 7) is -1.97. The van der Waals surface area contributed by atoms with Crippen molar-refractivity contribution >= 4 is 34.1 Å². The van der Waals surface area contributed by atoms with Gasteiger partial charge in [0.25, 0.3) is 0 Å². The molecule has 0 fully saturated rings. The summed E-state index contributed by atoms with van der Waals surface area (Å²) in [5, 5.41) is 5.55. The van der Waals surface area contributed by atoms with Crippen LogP contribution in [0, 0.1) is 5.82 Å². The number of pyridine rings is 1. The van der Waals surface area contributed by atoms with E-state index in [0.717, 1.165) is 18.2 Å². The van der Waals surface area contributed by atoms with Gasteiger partial charge in [-0.2, -0.15) is 0 Å². The maximum absolute atomic E-state index is 13.7. The van der Waals surface area contributed by atoms with E-state index in [9.17, 15) is 9.18 Å². The molecule has 0 atom stereocenters. The lowest BCUT2D eigenvalue weighted by molar-refractivity contribution is 0.262. The van der Waals surface area contributed by atoms with Crippen LogP contribution in [0.25, 0.3) is 10.9 Å². The maximum Gasteiger partial charge on any atom is 0.323 e. The maximum atomic E-state index is 13.7. The van der Waals surface area contributed by atoms with E-state index in [1.165, 1.54) is 22.9 Å². The van der Waals surface area contributed by atoms with Crippen LogP contribution in [0.1, 0.15) is 12.4 Å². The molecule has 0 bridgehead atoms. The van der Waals surface area contributed by atoms with E-state index in [2.05, 4.69) is 15.6 Å². The average molecular weight is 410 g/mol. The number of aromatic nitrogens is 2. The SMILES string of the molecule is [2H]C([2H])([2H])Oc1ccc(F)cc1NC(=O)Nc1cccc2c1ccn2C([2H])([2H])c1ccnc(N)c1. The van der Waals surface area contributed by atoms with Gasteiger partial charge in [0.05, 0.1) is 30.8 Å². The molecule has 0 radical (unpaired) electrons. The first kappa shape index (κ1) is 14.0. The van der Waals surface area contributed by atoms with Crippen molar-refractivity contribution in [3.8, 4) is 5.75 Å². The van der Waals surface area contributed by atoms with Crippen molar-refractivity contribution < 1.29 is 20.8 Å². The zero-order valence-corrected chi connectivity index (χ0v) is 15.5. The Kier molecular flexibility index (Phi) is 3.79. The molecule has 30 heavy (non-hydrogen) atoms. The Morgan fingerprint density at radius 2 is 2.10 bits per heavy atom. The smallest absolute Gasteiger partial charge is 0.323 e. The van der Waals surface area contributed by atoms with Crippen molar-refractivity contribution in [3.05, 3.63) is 78.4 Å². The molecule has 4 aromatic rings. The summed E-state index contributed by atoms with van der Waals surface area (Å²) in [4.78, 5) is 16.6. The molecule has 0 aliphatic rings. The van der Waals surface area contributed by atoms with Gasteiger partial charge in [0, 0.05) is 30.3 Å². The van der Waals surface area contributed by atoms with Gasteiger partial charge in [0.15, 0.2) is 0 Å². The summed E-state index contributed by atoms with van der Waals surface area (Å²) in [5.41, 5.74) is 6.67. The van der Waals surface area contributed by atoms with E-state index in [0.29, 0.717) is 22.2 Å². The van der Waals surface area contributed by atoms with Gasteiger partial charge < -0.3 is 25.7 Å². The predicted octanol–water partition coefficient (Wildman–Crippen LogP) is 4.46. The van der Waals surface area contributed by atoms with Crippen molar-refractivity contribution in [1.29, 1.82) is 0 Å². The minimum atomic E-state index is -2.79. The monoisotopic (exact) mass is 410 g/mol. The molecule has 0 aliphatic carbocycles. The zero-order chi connectivity index (χ0) is 25.4. The van der Waals surface area contributed by atoms with Crippen LogP contribution in [0.15, 0.2) is 67.0 Å². The number of carbonyl (C=O) groups excluding carboxylic acids is 1. The Hall–Kier alpha value is -4.07. The van der Waals surface area contributed by atoms with Crippen molar-refractivity contribution in [2.24, 2.45) is 0 Å². The summed E-state index contributed by atoms with van der Waals surface area (Å²) < 4.78 is 59.0. The van der Waals surface area contributed by atoms with Crippen LogP contribution in [0.5, 0.6) is 5.75 Å². The predicted molar refractivity (Wildman–Crippen MR) is 115 cm³/mol. The molecule has 0 spiro atoms. The Balaban J connectivity index is 1.62. The number of nitrogens with one attached hydrogen (secondary N) is 2. The molecule has 0 saturated heterocycles. The number of halogens is 1. The summed E-state index contributed by atoms with van der Waals surface area (Å²) in [6.07, 6.45) is 2.96. The summed E-state index contributed by atoms with van der Waals surface area (Å²) in [6, 6.07) is 11.8. The molecule has 4 N–H and O–H groups in total. The van der Waals surface area contributed by atoms with Crippen LogP contribution < -0.4 is 21.1 Å². The van der Waals surface area contributed by atoms with Crippen LogP contribution in [0.2, 0.25) is 0 Å². The second kappa shape index (κ2) is 8.12. The lowest BCUT2D eigenvalue weighted by Gasteiger charge is -2.12. The molecule has 0 aliphatic heterocycles. The molecular formula is C22H20FN5O2. The van der Waals surface area contributed by atoms with Crippen LogP contribution >= 0.6 is 0 Å². The third kappa shape index (κ3) is 4.02. The molecule has 2 amide bonds. The van der Waals surface area contributed by atoms with Crippen molar-refractivity contribution in [2.45, 2.75) is 6.50 Å². The average Bonchev–Trinajstić information content (AvgIpc) is 3.21. The molecule has 152 valence electrons. The fourth-order valence-corrected chi connectivity index (χ4v) is 3.00. The van der Waals surface area contributed by atoms with E-state index in [-0.39, 0.29) is 17.3 Å². The summed E-state index contributed by atoms with van der Waals surface area (Å²) >= 11 is 0. The van der Waals surface area contributed by atoms with Crippen molar-refractivity contribution in [3.63, 3.8) is 0 Å². The van der Waals surface area contributed by atoms with Gasteiger partial charge in [0.1, 0.15) is 17.4 Å². The number of benzene rings is 2. The third-order valence-electron chi connectivity index (χ3n) is 4.31. The minimum absolute atomic E-state index is 0.171. The van der Waals surface area contributed by atoms with Crippen LogP contribution in [-0.2, 0) is 6.50 Å². The highest BCUT2D eigenvalue weighted by atomic mass is 19.1. The Morgan fingerprint density at radius 1 is 1.23 bits per heavy atom. The normalized spacial score (nSPS) is 14.1. The molecule has 2 aromatic heterocycles. The number of hydrogen-bond donors (Lipinski definition) is 3. The molecule has 0 saturated carbocycles. The molecule has 2 heterocycles. The molecule has 4 rings (SSSR count). The van der Waals surface area contributed by atoms with Gasteiger partial charge in [-0.1, -0.05) is 6.07 Å². The Bertz CT molecular complexity index is 1410. The van der Waals surface area contributed by atoms with Crippen molar-refractivity contribution in [2.75, 3.05) is 23.4 Å². The molecular weight excluding hydrogens is 385 g/mol. The van der Waals surface area contributed by atoms with Gasteiger partial charge >= 0.3 is 6.03 Å². The Morgan fingerprint density at radius 3 is 2.93 bits per heavy atom. The highest BCUT2D eigenvalue weighted by Crippen LogP contribution is 2.27. The van der Waals surface area contributed by atoms with Crippen molar-refractivity contribution in [1.82, 2.24) is 9.55 Å². The highest BCUT2D eigenvalue weighted by molar-refractivity contribution is 6.06. The van der Waals surface area contributed by atoms with E-state index in [4.69, 9.17) is 17.3 Å². The number of amides is 2. The molecule has 7 nitrogen and oxygen atoms in total. The van der Waals surface area contributed by atoms with Gasteiger partial charge in [0.2, 0.25) is 0 Å². The highest BCUT2D eigenvalue weighted by Gasteiger charge is 2.12. The molecule has 2 aromatic carbocycles. The lowest BCUT2D eigenvalue weighted by Crippen LogP contribution is -2.20. The standard InChI is InChI=1S/C22H20FN5O2/c1-30-20-6-5-15(23)12-18(20)27-22(29)26-17-3-2-4-19-16(17)8-10-28(19)13-14-7-9-25-21(24)11-14/h2-12H,13H2,1H3,(H2,24,25)(H2,26,27,29)/i1D3,13D2. The van der Waals surface area contributed by atoms with Crippen LogP contribution in [-0.4, -0.2) is 22.6 Å². The lowest BCUT2D eigenvalue weighted by atomic mass is 10.2. The first-order valence-corrected chi connectivity index (χ1v) is 8.83. The second-order valence-corrected chi connectivity index (χ2v) is 6.33. The number of ether oxygens (including phenoxy) is 1. The number of nitrogen functional groups attached to an aromatic ring is 1. The van der Waals surface area contributed by atoms with Crippen LogP contribution in [0.4, 0.5) is 26.4 Å². The van der Waals surface area contributed by atoms with E-state index >= 15 is 0 Å². The first-order chi connectivity index (χ1) is 16.4. The molecule has 8 heteroatoms. The van der Waals surface area contributed by atoms with Gasteiger partial charge in [-0.15, -0.1) is 0 Å². The molecule has 0 unspecified atom stereocenters. The number of methoxy groups -OCH3 is 1. The number of rotatable bonds is 5. The zero-order valence-electron chi connectivity index (χ0n) is 20.5. The number of urea groups is 1. The number of nitrogens with two attached hydrogens (primary N) is 1. The number of anilines is 3. The largest absolute Gasteiger partial charge is 0.495 e. The van der Waals surface area contributed by atoms with Gasteiger partial charge in [-0.3, -0.25) is 0 Å². The fraction of sp³-hybridized carbons (Fsp3) is 0.0909. The number of carbonyl (C=O) groups is 1. The topological polar surface area (TPSA) is 94.2 Å². The quantitative estimate of drug-likeness (QED) is 0.453. The van der Waals surface area contributed by atoms with E-state index < -0.39 is 25.4 Å². The minimum Gasteiger partial charge on any atom is -0.495 e. The van der Waals surface area contributed by atoms with E-state index in [1.54, 1.807) is 30.5 Å². The van der Waals surface area contributed by atoms with Gasteiger partial charge in [-0.05, 0) is 48.0 Å². The Labute approximate surface area is 179 Å². The van der Waals surface area contributed by atoms with Gasteiger partial charge in [-0.25, -0.2) is 14.2 Å². The third-order valence-corrected chi connectivity index (χ3v) is 4.31. The first-order valence-electron chi connectivity index (χ1n) is 11.3. The number of hydrogen-bond acceptors (Lipinski definition) is 4. The second-order valence-electron chi connectivity index (χ2n) is 6.33. The van der Waals surface area contributed by atoms with E-state index in [1.807, 2.05) is 0 Å². The fourth-order valence-electron chi connectivity index (χ4n) is 3.00. The number of fused-ring (bicyclic) bond motifs is 1. The summed E-state index contributed by atoms with van der Waals surface area (Å²) in [5.74, 6) is -0.742. The summed E-state index contributed by atoms with van der Waals surface area (Å²) in [7, 11) is -2.79. The van der Waals surface area contributed by atoms with Crippen LogP contribution in [0.3, 0.4) is 0 Å².